The van der Waals surface area contributed by atoms with Gasteiger partial charge in [-0.3, -0.25) is 4.79 Å². The van der Waals surface area contributed by atoms with Gasteiger partial charge in [-0.2, -0.15) is 0 Å². The summed E-state index contributed by atoms with van der Waals surface area (Å²) in [5.41, 5.74) is 0.332. The average molecular weight is 334 g/mol. The fourth-order valence-electron chi connectivity index (χ4n) is 2.32. The highest BCUT2D eigenvalue weighted by Gasteiger charge is 2.19. The van der Waals surface area contributed by atoms with Crippen molar-refractivity contribution in [3.8, 4) is 11.3 Å². The Balaban J connectivity index is 2.44. The number of hydrogen-bond donors (Lipinski definition) is 2. The van der Waals surface area contributed by atoms with Gasteiger partial charge in [0.2, 0.25) is 5.43 Å². The molecular weight excluding hydrogens is 325 g/mol. The van der Waals surface area contributed by atoms with E-state index in [0.29, 0.717) is 21.1 Å². The van der Waals surface area contributed by atoms with Crippen LogP contribution in [0.2, 0.25) is 10.0 Å². The molecule has 1 aromatic heterocycles. The maximum Gasteiger partial charge on any atom is 0.341 e. The summed E-state index contributed by atoms with van der Waals surface area (Å²) in [4.78, 5) is 27.0. The van der Waals surface area contributed by atoms with E-state index >= 15 is 0 Å². The van der Waals surface area contributed by atoms with Crippen LogP contribution in [0.3, 0.4) is 0 Å². The molecule has 6 heteroatoms. The lowest BCUT2D eigenvalue weighted by Gasteiger charge is -2.09. The molecule has 0 bridgehead atoms. The summed E-state index contributed by atoms with van der Waals surface area (Å²) in [5, 5.41) is 10.5. The summed E-state index contributed by atoms with van der Waals surface area (Å²) < 4.78 is 0. The Bertz CT molecular complexity index is 963. The van der Waals surface area contributed by atoms with Gasteiger partial charge in [0.25, 0.3) is 0 Å². The van der Waals surface area contributed by atoms with E-state index in [1.165, 1.54) is 6.07 Å². The molecule has 0 saturated carbocycles. The van der Waals surface area contributed by atoms with Gasteiger partial charge in [0.1, 0.15) is 5.56 Å². The smallest absolute Gasteiger partial charge is 0.341 e. The molecule has 0 aliphatic carbocycles. The van der Waals surface area contributed by atoms with Gasteiger partial charge in [-0.1, -0.05) is 35.3 Å². The van der Waals surface area contributed by atoms with Gasteiger partial charge < -0.3 is 10.1 Å². The van der Waals surface area contributed by atoms with Gasteiger partial charge in [0, 0.05) is 26.5 Å². The summed E-state index contributed by atoms with van der Waals surface area (Å²) >= 11 is 11.8. The van der Waals surface area contributed by atoms with Gasteiger partial charge in [-0.15, -0.1) is 0 Å². The minimum absolute atomic E-state index is 0.217. The normalized spacial score (nSPS) is 10.8. The molecule has 0 atom stereocenters. The highest BCUT2D eigenvalue weighted by molar-refractivity contribution is 6.31. The number of pyridine rings is 1. The Morgan fingerprint density at radius 1 is 1.05 bits per heavy atom. The van der Waals surface area contributed by atoms with Crippen molar-refractivity contribution in [3.05, 3.63) is 68.3 Å². The predicted molar refractivity (Wildman–Crippen MR) is 87.0 cm³/mol. The molecule has 3 aromatic rings. The van der Waals surface area contributed by atoms with Crippen molar-refractivity contribution in [2.45, 2.75) is 0 Å². The quantitative estimate of drug-likeness (QED) is 0.738. The predicted octanol–water partition coefficient (Wildman–Crippen LogP) is 4.20. The molecule has 22 heavy (non-hydrogen) atoms. The zero-order valence-electron chi connectivity index (χ0n) is 11.1. The lowest BCUT2D eigenvalue weighted by Crippen LogP contribution is -2.18. The van der Waals surface area contributed by atoms with Crippen LogP contribution in [-0.4, -0.2) is 16.1 Å². The third kappa shape index (κ3) is 2.47. The van der Waals surface area contributed by atoms with Crippen LogP contribution in [0, 0.1) is 0 Å². The largest absolute Gasteiger partial charge is 0.477 e. The van der Waals surface area contributed by atoms with Crippen LogP contribution in [0.1, 0.15) is 10.4 Å². The number of H-pyrrole nitrogens is 1. The van der Waals surface area contributed by atoms with Crippen LogP contribution in [0.5, 0.6) is 0 Å². The first-order valence-electron chi connectivity index (χ1n) is 6.32. The molecule has 2 aromatic carbocycles. The number of carboxylic acids is 1. The first-order chi connectivity index (χ1) is 10.5. The number of carbonyl (C=O) groups is 1. The maximum absolute atomic E-state index is 12.5. The SMILES string of the molecule is O=C(O)c1c(-c2cccc(Cl)c2)[nH]c2ccc(Cl)cc2c1=O. The molecule has 4 nitrogen and oxygen atoms in total. The number of halogens is 2. The van der Waals surface area contributed by atoms with E-state index in [9.17, 15) is 14.7 Å². The van der Waals surface area contributed by atoms with E-state index in [0.717, 1.165) is 0 Å². The molecule has 1 heterocycles. The van der Waals surface area contributed by atoms with E-state index in [2.05, 4.69) is 4.98 Å². The zero-order chi connectivity index (χ0) is 15.9. The van der Waals surface area contributed by atoms with E-state index in [1.54, 1.807) is 36.4 Å². The lowest BCUT2D eigenvalue weighted by atomic mass is 10.0. The van der Waals surface area contributed by atoms with Gasteiger partial charge in [-0.25, -0.2) is 4.79 Å². The molecule has 0 spiro atoms. The van der Waals surface area contributed by atoms with Crippen molar-refractivity contribution in [2.24, 2.45) is 0 Å². The second-order valence-corrected chi connectivity index (χ2v) is 5.58. The van der Waals surface area contributed by atoms with Crippen LogP contribution >= 0.6 is 23.2 Å². The highest BCUT2D eigenvalue weighted by atomic mass is 35.5. The monoisotopic (exact) mass is 333 g/mol. The Labute approximate surface area is 134 Å². The number of hydrogen-bond acceptors (Lipinski definition) is 2. The first-order valence-corrected chi connectivity index (χ1v) is 7.08. The summed E-state index contributed by atoms with van der Waals surface area (Å²) in [5.74, 6) is -1.31. The van der Waals surface area contributed by atoms with Crippen LogP contribution in [0.4, 0.5) is 0 Å². The number of rotatable bonds is 2. The molecule has 0 unspecified atom stereocenters. The van der Waals surface area contributed by atoms with Gasteiger partial charge in [0.15, 0.2) is 0 Å². The van der Waals surface area contributed by atoms with Crippen LogP contribution < -0.4 is 5.43 Å². The standard InChI is InChI=1S/C16H9Cl2NO3/c17-9-3-1-2-8(6-9)14-13(16(21)22)15(20)11-7-10(18)4-5-12(11)19-14/h1-7H,(H,19,20)(H,21,22). The minimum atomic E-state index is -1.31. The third-order valence-corrected chi connectivity index (χ3v) is 3.76. The number of aromatic carboxylic acids is 1. The number of aromatic nitrogens is 1. The Morgan fingerprint density at radius 2 is 1.77 bits per heavy atom. The van der Waals surface area contributed by atoms with Gasteiger partial charge >= 0.3 is 5.97 Å². The van der Waals surface area contributed by atoms with E-state index in [1.807, 2.05) is 0 Å². The van der Waals surface area contributed by atoms with Crippen molar-refractivity contribution in [1.82, 2.24) is 4.98 Å². The summed E-state index contributed by atoms with van der Waals surface area (Å²) in [6.07, 6.45) is 0. The van der Waals surface area contributed by atoms with E-state index in [4.69, 9.17) is 23.2 Å². The highest BCUT2D eigenvalue weighted by Crippen LogP contribution is 2.26. The second-order valence-electron chi connectivity index (χ2n) is 4.71. The second kappa shape index (κ2) is 5.48. The molecule has 0 radical (unpaired) electrons. The Kier molecular flexibility index (Phi) is 3.64. The zero-order valence-corrected chi connectivity index (χ0v) is 12.6. The maximum atomic E-state index is 12.5. The Hall–Kier alpha value is -2.30. The molecule has 0 saturated heterocycles. The van der Waals surface area contributed by atoms with Crippen molar-refractivity contribution in [1.29, 1.82) is 0 Å². The number of fused-ring (bicyclic) bond motifs is 1. The molecule has 0 aliphatic heterocycles. The van der Waals surface area contributed by atoms with Gasteiger partial charge in [-0.05, 0) is 30.3 Å². The number of benzene rings is 2. The fraction of sp³-hybridized carbons (Fsp3) is 0. The van der Waals surface area contributed by atoms with Crippen molar-refractivity contribution < 1.29 is 9.90 Å². The number of nitrogens with one attached hydrogen (secondary N) is 1. The summed E-state index contributed by atoms with van der Waals surface area (Å²) in [6.45, 7) is 0. The lowest BCUT2D eigenvalue weighted by molar-refractivity contribution is 0.0696. The van der Waals surface area contributed by atoms with E-state index in [-0.39, 0.29) is 16.6 Å². The van der Waals surface area contributed by atoms with Crippen LogP contribution in [0.15, 0.2) is 47.3 Å². The molecule has 3 rings (SSSR count). The third-order valence-electron chi connectivity index (χ3n) is 3.29. The fourth-order valence-corrected chi connectivity index (χ4v) is 2.69. The molecule has 2 N–H and O–H groups in total. The van der Waals surface area contributed by atoms with Gasteiger partial charge in [0.05, 0.1) is 5.69 Å². The topological polar surface area (TPSA) is 70.2 Å². The van der Waals surface area contributed by atoms with Crippen molar-refractivity contribution in [2.75, 3.05) is 0 Å². The summed E-state index contributed by atoms with van der Waals surface area (Å²) in [7, 11) is 0. The van der Waals surface area contributed by atoms with Crippen molar-refractivity contribution in [3.63, 3.8) is 0 Å². The molecule has 0 amide bonds. The molecule has 0 fully saturated rings. The number of aromatic amines is 1. The average Bonchev–Trinajstić information content (AvgIpc) is 2.47. The van der Waals surface area contributed by atoms with Crippen molar-refractivity contribution >= 4 is 40.1 Å². The summed E-state index contributed by atoms with van der Waals surface area (Å²) in [6, 6.07) is 11.4. The van der Waals surface area contributed by atoms with Crippen LogP contribution in [-0.2, 0) is 0 Å². The first kappa shape index (κ1) is 14.6. The van der Waals surface area contributed by atoms with E-state index < -0.39 is 11.4 Å². The minimum Gasteiger partial charge on any atom is -0.477 e. The number of carboxylic acid groups (broad SMARTS) is 1. The van der Waals surface area contributed by atoms with Crippen LogP contribution in [0.25, 0.3) is 22.2 Å². The molecule has 110 valence electrons. The Morgan fingerprint density at radius 3 is 2.45 bits per heavy atom. The molecular formula is C16H9Cl2NO3. The molecule has 0 aliphatic rings.